The minimum absolute atomic E-state index is 0.0121. The van der Waals surface area contributed by atoms with E-state index in [-0.39, 0.29) is 6.61 Å². The number of nitrogens with zero attached hydrogens (tertiary/aromatic N) is 6. The minimum atomic E-state index is 0.0121. The van der Waals surface area contributed by atoms with Crippen LogP contribution in [0.15, 0.2) is 6.33 Å². The van der Waals surface area contributed by atoms with Crippen LogP contribution in [-0.2, 0) is 26.7 Å². The van der Waals surface area contributed by atoms with Gasteiger partial charge in [-0.15, -0.1) is 10.2 Å². The van der Waals surface area contributed by atoms with Crippen LogP contribution in [-0.4, -0.2) is 36.2 Å². The Balaban J connectivity index is 1.97. The van der Waals surface area contributed by atoms with E-state index in [2.05, 4.69) is 24.8 Å². The summed E-state index contributed by atoms with van der Waals surface area (Å²) >= 11 is 0. The van der Waals surface area contributed by atoms with Gasteiger partial charge in [0.15, 0.2) is 5.82 Å². The summed E-state index contributed by atoms with van der Waals surface area (Å²) in [6, 6.07) is 0. The van der Waals surface area contributed by atoms with Crippen molar-refractivity contribution in [3.05, 3.63) is 23.4 Å². The van der Waals surface area contributed by atoms with Crippen molar-refractivity contribution in [2.45, 2.75) is 26.6 Å². The van der Waals surface area contributed by atoms with Gasteiger partial charge in [0.05, 0.1) is 18.8 Å². The Morgan fingerprint density at radius 3 is 3.00 bits per heavy atom. The molecule has 3 heterocycles. The second kappa shape index (κ2) is 4.09. The number of hydrogen-bond donors (Lipinski definition) is 1. The van der Waals surface area contributed by atoms with Crippen LogP contribution in [0.5, 0.6) is 0 Å². The van der Waals surface area contributed by atoms with Gasteiger partial charge >= 0.3 is 0 Å². The summed E-state index contributed by atoms with van der Waals surface area (Å²) in [6.07, 6.45) is 1.76. The van der Waals surface area contributed by atoms with Gasteiger partial charge < -0.3 is 14.6 Å². The third-order valence-electron chi connectivity index (χ3n) is 3.41. The number of aromatic nitrogens is 5. The third-order valence-corrected chi connectivity index (χ3v) is 3.41. The van der Waals surface area contributed by atoms with Gasteiger partial charge in [-0.25, -0.2) is 0 Å². The van der Waals surface area contributed by atoms with Gasteiger partial charge in [-0.1, -0.05) is 0 Å². The highest BCUT2D eigenvalue weighted by Gasteiger charge is 2.23. The fourth-order valence-corrected chi connectivity index (χ4v) is 2.52. The molecule has 0 fully saturated rings. The zero-order chi connectivity index (χ0) is 12.7. The maximum Gasteiger partial charge on any atom is 0.152 e. The first-order valence-electron chi connectivity index (χ1n) is 5.95. The lowest BCUT2D eigenvalue weighted by Gasteiger charge is -2.29. The number of hydrogen-bond acceptors (Lipinski definition) is 5. The molecule has 0 amide bonds. The number of anilines is 1. The number of aliphatic hydroxyl groups excluding tert-OH is 1. The lowest BCUT2D eigenvalue weighted by molar-refractivity contribution is 0.281. The van der Waals surface area contributed by atoms with E-state index in [1.54, 1.807) is 6.33 Å². The summed E-state index contributed by atoms with van der Waals surface area (Å²) in [5, 5.41) is 21.9. The third kappa shape index (κ3) is 1.59. The molecular formula is C11H16N6O. The van der Waals surface area contributed by atoms with E-state index in [1.165, 1.54) is 0 Å². The quantitative estimate of drug-likeness (QED) is 0.799. The molecule has 0 unspecified atom stereocenters. The van der Waals surface area contributed by atoms with E-state index >= 15 is 0 Å². The molecule has 1 aliphatic heterocycles. The Hall–Kier alpha value is -1.89. The molecule has 0 aliphatic carbocycles. The molecule has 1 aliphatic rings. The summed E-state index contributed by atoms with van der Waals surface area (Å²) < 4.78 is 3.88. The van der Waals surface area contributed by atoms with Crippen molar-refractivity contribution in [3.8, 4) is 0 Å². The predicted molar refractivity (Wildman–Crippen MR) is 64.9 cm³/mol. The molecule has 0 saturated carbocycles. The molecule has 0 saturated heterocycles. The average molecular weight is 248 g/mol. The van der Waals surface area contributed by atoms with Crippen LogP contribution in [0.4, 0.5) is 5.82 Å². The normalized spacial score (nSPS) is 14.9. The Kier molecular flexibility index (Phi) is 2.55. The topological polar surface area (TPSA) is 72.0 Å². The first kappa shape index (κ1) is 11.2. The standard InChI is InChI=1S/C11H16N6O/c1-8-9(6-18)11(15(2)14-8)16-3-4-17-7-12-13-10(17)5-16/h7,18H,3-6H2,1-2H3. The molecule has 0 atom stereocenters. The van der Waals surface area contributed by atoms with E-state index in [0.717, 1.165) is 36.0 Å². The number of aliphatic hydroxyl groups is 1. The number of aryl methyl sites for hydroxylation is 2. The molecule has 3 rings (SSSR count). The van der Waals surface area contributed by atoms with Crippen molar-refractivity contribution in [2.24, 2.45) is 7.05 Å². The van der Waals surface area contributed by atoms with Gasteiger partial charge in [0, 0.05) is 25.7 Å². The molecular weight excluding hydrogens is 232 g/mol. The highest BCUT2D eigenvalue weighted by atomic mass is 16.3. The van der Waals surface area contributed by atoms with Crippen molar-refractivity contribution in [3.63, 3.8) is 0 Å². The molecule has 0 radical (unpaired) electrons. The number of fused-ring (bicyclic) bond motifs is 1. The molecule has 96 valence electrons. The first-order chi connectivity index (χ1) is 8.70. The minimum Gasteiger partial charge on any atom is -0.391 e. The highest BCUT2D eigenvalue weighted by Crippen LogP contribution is 2.26. The summed E-state index contributed by atoms with van der Waals surface area (Å²) in [7, 11) is 1.90. The van der Waals surface area contributed by atoms with Gasteiger partial charge in [0.25, 0.3) is 0 Å². The Labute approximate surface area is 105 Å². The molecule has 1 N–H and O–H groups in total. The molecule has 2 aromatic heterocycles. The van der Waals surface area contributed by atoms with E-state index < -0.39 is 0 Å². The van der Waals surface area contributed by atoms with Crippen LogP contribution < -0.4 is 4.90 Å². The van der Waals surface area contributed by atoms with Crippen LogP contribution >= 0.6 is 0 Å². The summed E-state index contributed by atoms with van der Waals surface area (Å²) in [5.74, 6) is 1.92. The van der Waals surface area contributed by atoms with Crippen LogP contribution in [0.1, 0.15) is 17.1 Å². The summed E-state index contributed by atoms with van der Waals surface area (Å²) in [4.78, 5) is 2.19. The fourth-order valence-electron chi connectivity index (χ4n) is 2.52. The molecule has 0 aromatic carbocycles. The first-order valence-corrected chi connectivity index (χ1v) is 5.95. The molecule has 0 spiro atoms. The van der Waals surface area contributed by atoms with Gasteiger partial charge in [0.2, 0.25) is 0 Å². The average Bonchev–Trinajstić information content (AvgIpc) is 2.91. The molecule has 18 heavy (non-hydrogen) atoms. The second-order valence-corrected chi connectivity index (χ2v) is 4.53. The zero-order valence-corrected chi connectivity index (χ0v) is 10.5. The molecule has 0 bridgehead atoms. The van der Waals surface area contributed by atoms with Crippen molar-refractivity contribution in [1.82, 2.24) is 24.5 Å². The van der Waals surface area contributed by atoms with Crippen molar-refractivity contribution in [1.29, 1.82) is 0 Å². The van der Waals surface area contributed by atoms with Crippen LogP contribution in [0.3, 0.4) is 0 Å². The van der Waals surface area contributed by atoms with Gasteiger partial charge in [-0.3, -0.25) is 4.68 Å². The monoisotopic (exact) mass is 248 g/mol. The lowest BCUT2D eigenvalue weighted by atomic mass is 10.2. The van der Waals surface area contributed by atoms with E-state index in [1.807, 2.05) is 18.7 Å². The Morgan fingerprint density at radius 1 is 1.39 bits per heavy atom. The summed E-state index contributed by atoms with van der Waals surface area (Å²) in [6.45, 7) is 4.36. The maximum absolute atomic E-state index is 9.49. The van der Waals surface area contributed by atoms with Crippen LogP contribution in [0.2, 0.25) is 0 Å². The molecule has 7 nitrogen and oxygen atoms in total. The summed E-state index contributed by atoms with van der Waals surface area (Å²) in [5.41, 5.74) is 1.77. The zero-order valence-electron chi connectivity index (χ0n) is 10.5. The van der Waals surface area contributed by atoms with E-state index in [4.69, 9.17) is 0 Å². The second-order valence-electron chi connectivity index (χ2n) is 4.53. The lowest BCUT2D eigenvalue weighted by Crippen LogP contribution is -2.35. The highest BCUT2D eigenvalue weighted by molar-refractivity contribution is 5.50. The van der Waals surface area contributed by atoms with Gasteiger partial charge in [-0.2, -0.15) is 5.10 Å². The van der Waals surface area contributed by atoms with Crippen molar-refractivity contribution < 1.29 is 5.11 Å². The maximum atomic E-state index is 9.49. The van der Waals surface area contributed by atoms with Gasteiger partial charge in [-0.05, 0) is 6.92 Å². The SMILES string of the molecule is Cc1nn(C)c(N2CCn3cnnc3C2)c1CO. The van der Waals surface area contributed by atoms with Gasteiger partial charge in [0.1, 0.15) is 12.1 Å². The van der Waals surface area contributed by atoms with Crippen molar-refractivity contribution >= 4 is 5.82 Å². The Bertz CT molecular complexity index is 572. The predicted octanol–water partition coefficient (Wildman–Crippen LogP) is -0.167. The van der Waals surface area contributed by atoms with Crippen LogP contribution in [0.25, 0.3) is 0 Å². The largest absolute Gasteiger partial charge is 0.391 e. The van der Waals surface area contributed by atoms with Crippen LogP contribution in [0, 0.1) is 6.92 Å². The smallest absolute Gasteiger partial charge is 0.152 e. The Morgan fingerprint density at radius 2 is 2.22 bits per heavy atom. The number of rotatable bonds is 2. The van der Waals surface area contributed by atoms with E-state index in [9.17, 15) is 5.11 Å². The fraction of sp³-hybridized carbons (Fsp3) is 0.545. The molecule has 2 aromatic rings. The molecule has 7 heteroatoms. The van der Waals surface area contributed by atoms with Crippen molar-refractivity contribution in [2.75, 3.05) is 11.4 Å². The van der Waals surface area contributed by atoms with E-state index in [0.29, 0.717) is 6.54 Å².